The predicted molar refractivity (Wildman–Crippen MR) is 77.2 cm³/mol. The molecule has 1 atom stereocenters. The van der Waals surface area contributed by atoms with Crippen molar-refractivity contribution in [2.45, 2.75) is 25.8 Å². The fourth-order valence-corrected chi connectivity index (χ4v) is 2.68. The Labute approximate surface area is 118 Å². The first-order chi connectivity index (χ1) is 9.63. The third kappa shape index (κ3) is 2.53. The highest BCUT2D eigenvalue weighted by Gasteiger charge is 2.24. The molecule has 7 heteroatoms. The van der Waals surface area contributed by atoms with Crippen LogP contribution in [0.2, 0.25) is 0 Å². The van der Waals surface area contributed by atoms with Gasteiger partial charge in [0.15, 0.2) is 5.82 Å². The van der Waals surface area contributed by atoms with Crippen LogP contribution in [0.3, 0.4) is 0 Å². The monoisotopic (exact) mass is 275 g/mol. The predicted octanol–water partition coefficient (Wildman–Crippen LogP) is 0.769. The van der Waals surface area contributed by atoms with E-state index in [0.29, 0.717) is 5.92 Å². The number of anilines is 1. The Morgan fingerprint density at radius 2 is 2.15 bits per heavy atom. The highest BCUT2D eigenvalue weighted by molar-refractivity contribution is 5.50. The van der Waals surface area contributed by atoms with Crippen molar-refractivity contribution >= 4 is 5.95 Å². The van der Waals surface area contributed by atoms with E-state index in [1.807, 2.05) is 19.3 Å². The van der Waals surface area contributed by atoms with Crippen molar-refractivity contribution in [1.29, 1.82) is 0 Å². The molecule has 1 unspecified atom stereocenters. The van der Waals surface area contributed by atoms with E-state index < -0.39 is 0 Å². The molecule has 20 heavy (non-hydrogen) atoms. The maximum atomic E-state index is 5.97. The van der Waals surface area contributed by atoms with Crippen molar-refractivity contribution in [3.8, 4) is 11.5 Å². The third-order valence-electron chi connectivity index (χ3n) is 4.00. The lowest BCUT2D eigenvalue weighted by molar-refractivity contribution is 0.352. The summed E-state index contributed by atoms with van der Waals surface area (Å²) in [5.41, 5.74) is 6.78. The van der Waals surface area contributed by atoms with Crippen LogP contribution in [0.4, 0.5) is 5.95 Å². The van der Waals surface area contributed by atoms with Crippen molar-refractivity contribution in [2.75, 3.05) is 18.0 Å². The normalized spacial score (nSPS) is 18.4. The second kappa shape index (κ2) is 5.24. The number of aromatic amines is 1. The summed E-state index contributed by atoms with van der Waals surface area (Å²) < 4.78 is 1.76. The summed E-state index contributed by atoms with van der Waals surface area (Å²) >= 11 is 0. The first-order valence-electron chi connectivity index (χ1n) is 7.06. The van der Waals surface area contributed by atoms with Crippen molar-refractivity contribution in [3.05, 3.63) is 12.3 Å². The number of H-pyrrole nitrogens is 1. The molecule has 0 radical (unpaired) electrons. The Morgan fingerprint density at radius 1 is 1.40 bits per heavy atom. The van der Waals surface area contributed by atoms with Crippen LogP contribution in [0.25, 0.3) is 11.5 Å². The maximum absolute atomic E-state index is 5.97. The van der Waals surface area contributed by atoms with Gasteiger partial charge in [0.1, 0.15) is 5.69 Å². The van der Waals surface area contributed by atoms with E-state index >= 15 is 0 Å². The second-order valence-electron chi connectivity index (χ2n) is 5.54. The maximum Gasteiger partial charge on any atom is 0.245 e. The lowest BCUT2D eigenvalue weighted by Crippen LogP contribution is -2.40. The largest absolute Gasteiger partial charge is 0.340 e. The molecule has 0 spiro atoms. The molecule has 0 aromatic carbocycles. The number of rotatable bonds is 3. The van der Waals surface area contributed by atoms with E-state index in [2.05, 4.69) is 32.1 Å². The summed E-state index contributed by atoms with van der Waals surface area (Å²) in [7, 11) is 1.89. The lowest BCUT2D eigenvalue weighted by atomic mass is 9.91. The van der Waals surface area contributed by atoms with E-state index in [-0.39, 0.29) is 6.04 Å². The van der Waals surface area contributed by atoms with Crippen LogP contribution in [0.15, 0.2) is 12.3 Å². The molecule has 1 aliphatic rings. The van der Waals surface area contributed by atoms with Crippen LogP contribution in [0.5, 0.6) is 0 Å². The van der Waals surface area contributed by atoms with Crippen molar-refractivity contribution < 1.29 is 0 Å². The molecular weight excluding hydrogens is 254 g/mol. The quantitative estimate of drug-likeness (QED) is 0.863. The number of aromatic nitrogens is 5. The summed E-state index contributed by atoms with van der Waals surface area (Å²) in [6.45, 7) is 4.02. The van der Waals surface area contributed by atoms with Crippen LogP contribution in [-0.2, 0) is 7.05 Å². The molecule has 0 amide bonds. The van der Waals surface area contributed by atoms with Gasteiger partial charge >= 0.3 is 0 Å². The van der Waals surface area contributed by atoms with Gasteiger partial charge in [0.2, 0.25) is 5.95 Å². The smallest absolute Gasteiger partial charge is 0.245 e. The first-order valence-corrected chi connectivity index (χ1v) is 7.06. The highest BCUT2D eigenvalue weighted by Crippen LogP contribution is 2.23. The van der Waals surface area contributed by atoms with Gasteiger partial charge in [-0.25, -0.2) is 0 Å². The minimum Gasteiger partial charge on any atom is -0.340 e. The molecule has 0 saturated carbocycles. The van der Waals surface area contributed by atoms with Gasteiger partial charge in [-0.15, -0.1) is 5.10 Å². The fraction of sp³-hybridized carbons (Fsp3) is 0.615. The molecule has 7 nitrogen and oxygen atoms in total. The minimum atomic E-state index is 0.272. The Hall–Kier alpha value is -1.89. The number of nitrogens with two attached hydrogens (primary N) is 1. The van der Waals surface area contributed by atoms with E-state index in [9.17, 15) is 0 Å². The summed E-state index contributed by atoms with van der Waals surface area (Å²) in [4.78, 5) is 6.75. The Bertz CT molecular complexity index is 563. The van der Waals surface area contributed by atoms with E-state index in [0.717, 1.165) is 43.4 Å². The standard InChI is InChI=1S/C13H21N7/c1-9(14)10-3-7-20(8-4-10)13-15-12(16-17-13)11-5-6-19(2)18-11/h5-6,9-10H,3-4,7-8,14H2,1-2H3,(H,15,16,17). The Kier molecular flexibility index (Phi) is 3.43. The second-order valence-corrected chi connectivity index (χ2v) is 5.54. The van der Waals surface area contributed by atoms with E-state index in [4.69, 9.17) is 5.73 Å². The molecule has 108 valence electrons. The topological polar surface area (TPSA) is 88.6 Å². The number of hydrogen-bond acceptors (Lipinski definition) is 5. The molecule has 0 aliphatic carbocycles. The highest BCUT2D eigenvalue weighted by atomic mass is 15.4. The Morgan fingerprint density at radius 3 is 2.75 bits per heavy atom. The minimum absolute atomic E-state index is 0.272. The molecule has 3 heterocycles. The number of hydrogen-bond donors (Lipinski definition) is 2. The molecule has 1 aliphatic heterocycles. The summed E-state index contributed by atoms with van der Waals surface area (Å²) in [5.74, 6) is 2.09. The average Bonchev–Trinajstić information content (AvgIpc) is 3.07. The molecule has 2 aromatic rings. The lowest BCUT2D eigenvalue weighted by Gasteiger charge is -2.32. The summed E-state index contributed by atoms with van der Waals surface area (Å²) in [6.07, 6.45) is 4.10. The zero-order chi connectivity index (χ0) is 14.1. The van der Waals surface area contributed by atoms with Crippen LogP contribution in [0.1, 0.15) is 19.8 Å². The Balaban J connectivity index is 1.69. The average molecular weight is 275 g/mol. The van der Waals surface area contributed by atoms with Gasteiger partial charge in [0, 0.05) is 32.4 Å². The molecule has 3 N–H and O–H groups in total. The SMILES string of the molecule is CC(N)C1CCN(c2n[nH]c(-c3ccn(C)n3)n2)CC1. The van der Waals surface area contributed by atoms with Crippen LogP contribution >= 0.6 is 0 Å². The van der Waals surface area contributed by atoms with Gasteiger partial charge in [0.05, 0.1) is 0 Å². The number of nitrogens with zero attached hydrogens (tertiary/aromatic N) is 5. The van der Waals surface area contributed by atoms with Crippen molar-refractivity contribution in [3.63, 3.8) is 0 Å². The number of aryl methyl sites for hydroxylation is 1. The molecule has 3 rings (SSSR count). The van der Waals surface area contributed by atoms with Crippen molar-refractivity contribution in [2.24, 2.45) is 18.7 Å². The van der Waals surface area contributed by atoms with Gasteiger partial charge < -0.3 is 10.6 Å². The van der Waals surface area contributed by atoms with E-state index in [1.54, 1.807) is 4.68 Å². The fourth-order valence-electron chi connectivity index (χ4n) is 2.68. The molecule has 0 bridgehead atoms. The molecule has 1 saturated heterocycles. The number of nitrogens with one attached hydrogen (secondary N) is 1. The molecular formula is C13H21N7. The molecule has 1 fully saturated rings. The van der Waals surface area contributed by atoms with Gasteiger partial charge in [0.25, 0.3) is 0 Å². The van der Waals surface area contributed by atoms with Gasteiger partial charge in [-0.3, -0.25) is 9.78 Å². The van der Waals surface area contributed by atoms with Gasteiger partial charge in [-0.1, -0.05) is 0 Å². The molecule has 2 aromatic heterocycles. The van der Waals surface area contributed by atoms with Gasteiger partial charge in [-0.05, 0) is 31.7 Å². The van der Waals surface area contributed by atoms with Crippen LogP contribution in [0, 0.1) is 5.92 Å². The summed E-state index contributed by atoms with van der Waals surface area (Å²) in [5, 5.41) is 11.6. The van der Waals surface area contributed by atoms with Crippen LogP contribution < -0.4 is 10.6 Å². The van der Waals surface area contributed by atoms with E-state index in [1.165, 1.54) is 0 Å². The van der Waals surface area contributed by atoms with Crippen LogP contribution in [-0.4, -0.2) is 44.1 Å². The van der Waals surface area contributed by atoms with Gasteiger partial charge in [-0.2, -0.15) is 10.1 Å². The third-order valence-corrected chi connectivity index (χ3v) is 4.00. The zero-order valence-corrected chi connectivity index (χ0v) is 12.0. The summed E-state index contributed by atoms with van der Waals surface area (Å²) in [6, 6.07) is 2.19. The first kappa shape index (κ1) is 13.1. The number of piperidine rings is 1. The zero-order valence-electron chi connectivity index (χ0n) is 12.0. The van der Waals surface area contributed by atoms with Crippen molar-refractivity contribution in [1.82, 2.24) is 25.0 Å².